The molecular weight excluding hydrogens is 536 g/mol. The van der Waals surface area contributed by atoms with Crippen LogP contribution in [0.4, 0.5) is 5.69 Å². The van der Waals surface area contributed by atoms with E-state index in [0.29, 0.717) is 29.0 Å². The van der Waals surface area contributed by atoms with Gasteiger partial charge >= 0.3 is 17.9 Å². The zero-order valence-corrected chi connectivity index (χ0v) is 22.2. The molecular formula is C28H28N4O7S. The number of nitrogens with two attached hydrogens (primary N) is 1. The topological polar surface area (TPSA) is 183 Å². The molecule has 1 aromatic heterocycles. The predicted molar refractivity (Wildman–Crippen MR) is 148 cm³/mol. The van der Waals surface area contributed by atoms with Crippen LogP contribution in [-0.2, 0) is 22.6 Å². The highest BCUT2D eigenvalue weighted by Crippen LogP contribution is 2.38. The maximum Gasteiger partial charge on any atom is 0.345 e. The first kappa shape index (κ1) is 28.3. The summed E-state index contributed by atoms with van der Waals surface area (Å²) in [5.41, 5.74) is 8.81. The van der Waals surface area contributed by atoms with Crippen LogP contribution in [0.2, 0.25) is 0 Å². The average Bonchev–Trinajstić information content (AvgIpc) is 3.53. The number of fused-ring (bicyclic) bond motifs is 1. The molecule has 0 aliphatic heterocycles. The molecule has 1 atom stereocenters. The summed E-state index contributed by atoms with van der Waals surface area (Å²) in [7, 11) is 0. The second-order valence-electron chi connectivity index (χ2n) is 9.39. The summed E-state index contributed by atoms with van der Waals surface area (Å²) in [6.45, 7) is 0.156. The van der Waals surface area contributed by atoms with Crippen molar-refractivity contribution in [1.82, 2.24) is 4.90 Å². The van der Waals surface area contributed by atoms with Gasteiger partial charge in [-0.1, -0.05) is 6.07 Å². The second kappa shape index (κ2) is 12.4. The number of carboxylic acids is 2. The van der Waals surface area contributed by atoms with Crippen LogP contribution in [0.25, 0.3) is 0 Å². The first-order valence-electron chi connectivity index (χ1n) is 12.5. The summed E-state index contributed by atoms with van der Waals surface area (Å²) in [6, 6.07) is 13.2. The minimum atomic E-state index is -1.05. The van der Waals surface area contributed by atoms with E-state index >= 15 is 0 Å². The van der Waals surface area contributed by atoms with Crippen LogP contribution in [-0.4, -0.2) is 51.4 Å². The molecule has 0 saturated heterocycles. The van der Waals surface area contributed by atoms with E-state index in [0.717, 1.165) is 28.9 Å². The number of nitrogens with one attached hydrogen (secondary N) is 2. The molecule has 208 valence electrons. The molecule has 6 N–H and O–H groups in total. The number of aromatic carboxylic acids is 1. The number of carbonyl (C=O) groups excluding carboxylic acids is 2. The van der Waals surface area contributed by atoms with Crippen molar-refractivity contribution in [2.45, 2.75) is 38.1 Å². The summed E-state index contributed by atoms with van der Waals surface area (Å²) in [4.78, 5) is 49.8. The number of anilines is 1. The van der Waals surface area contributed by atoms with Crippen molar-refractivity contribution in [3.05, 3.63) is 81.0 Å². The van der Waals surface area contributed by atoms with Crippen LogP contribution in [0, 0.1) is 5.41 Å². The number of benzene rings is 2. The molecule has 40 heavy (non-hydrogen) atoms. The molecule has 11 nitrogen and oxygen atoms in total. The monoisotopic (exact) mass is 564 g/mol. The molecule has 0 bridgehead atoms. The minimum Gasteiger partial charge on any atom is -0.481 e. The molecule has 0 fully saturated rings. The van der Waals surface area contributed by atoms with Crippen LogP contribution >= 0.6 is 11.3 Å². The van der Waals surface area contributed by atoms with E-state index in [4.69, 9.17) is 21.0 Å². The zero-order valence-electron chi connectivity index (χ0n) is 21.4. The van der Waals surface area contributed by atoms with Crippen LogP contribution in [0.3, 0.4) is 0 Å². The van der Waals surface area contributed by atoms with E-state index in [-0.39, 0.29) is 48.6 Å². The number of amides is 1. The Balaban J connectivity index is 1.40. The number of aryl methyl sites for hydroxylation is 1. The summed E-state index contributed by atoms with van der Waals surface area (Å²) in [5, 5.41) is 29.9. The van der Waals surface area contributed by atoms with Crippen molar-refractivity contribution < 1.29 is 34.1 Å². The summed E-state index contributed by atoms with van der Waals surface area (Å²) in [6.07, 6.45) is 1.39. The highest BCUT2D eigenvalue weighted by atomic mass is 32.1. The van der Waals surface area contributed by atoms with E-state index in [9.17, 15) is 24.3 Å². The van der Waals surface area contributed by atoms with Gasteiger partial charge < -0.3 is 30.9 Å². The Labute approximate surface area is 233 Å². The number of thiophene rings is 1. The van der Waals surface area contributed by atoms with Gasteiger partial charge in [0.05, 0.1) is 12.0 Å². The van der Waals surface area contributed by atoms with Crippen molar-refractivity contribution >= 4 is 46.8 Å². The molecule has 4 rings (SSSR count). The maximum atomic E-state index is 13.2. The fourth-order valence-electron chi connectivity index (χ4n) is 4.62. The van der Waals surface area contributed by atoms with Gasteiger partial charge in [-0.15, -0.1) is 11.3 Å². The van der Waals surface area contributed by atoms with Crippen LogP contribution < -0.4 is 15.8 Å². The molecule has 1 heterocycles. The lowest BCUT2D eigenvalue weighted by atomic mass is 9.97. The first-order chi connectivity index (χ1) is 19.1. The number of hydrogen-bond acceptors (Lipinski definition) is 7. The molecule has 1 unspecified atom stereocenters. The van der Waals surface area contributed by atoms with Gasteiger partial charge in [-0.3, -0.25) is 15.0 Å². The normalized spacial score (nSPS) is 13.8. The van der Waals surface area contributed by atoms with Gasteiger partial charge in [0.2, 0.25) is 5.91 Å². The maximum absolute atomic E-state index is 13.2. The number of nitrogens with zero attached hydrogens (tertiary/aromatic N) is 1. The molecule has 12 heteroatoms. The third kappa shape index (κ3) is 7.23. The molecule has 2 aromatic carbocycles. The van der Waals surface area contributed by atoms with E-state index in [1.807, 2.05) is 6.07 Å². The van der Waals surface area contributed by atoms with E-state index in [1.165, 1.54) is 11.0 Å². The Morgan fingerprint density at radius 2 is 1.85 bits per heavy atom. The van der Waals surface area contributed by atoms with Crippen molar-refractivity contribution in [2.75, 3.05) is 11.9 Å². The zero-order chi connectivity index (χ0) is 28.8. The highest BCUT2D eigenvalue weighted by molar-refractivity contribution is 7.12. The lowest BCUT2D eigenvalue weighted by Gasteiger charge is -2.23. The predicted octanol–water partition coefficient (Wildman–Crippen LogP) is 3.89. The SMILES string of the molecule is N=C(N)Nc1ccc(C(=O)Oc2ccc3c(c2)CCC3CC(=O)N(CCC(=O)O)Cc2csc(C(=O)O)c2)cc1. The number of carbonyl (C=O) groups is 4. The van der Waals surface area contributed by atoms with Gasteiger partial charge in [0.15, 0.2) is 5.96 Å². The minimum absolute atomic E-state index is 0.0205. The molecule has 1 aliphatic carbocycles. The fourth-order valence-corrected chi connectivity index (χ4v) is 5.36. The standard InChI is InChI=1S/C28H28N4O7S/c29-28(30)31-20-5-3-17(4-6-20)27(38)39-21-7-8-22-18(12-21)1-2-19(22)13-24(33)32(10-9-25(34)35)14-16-11-23(26(36)37)40-15-16/h3-8,11-12,15,19H,1-2,9-10,13-14H2,(H,34,35)(H,36,37)(H4,29,30,31). The van der Waals surface area contributed by atoms with Crippen molar-refractivity contribution in [3.8, 4) is 5.75 Å². The van der Waals surface area contributed by atoms with Gasteiger partial charge in [-0.25, -0.2) is 9.59 Å². The number of guanidine groups is 1. The van der Waals surface area contributed by atoms with Gasteiger partial charge in [0.25, 0.3) is 0 Å². The third-order valence-electron chi connectivity index (χ3n) is 6.53. The number of hydrogen-bond donors (Lipinski definition) is 5. The molecule has 0 radical (unpaired) electrons. The summed E-state index contributed by atoms with van der Waals surface area (Å²) < 4.78 is 5.54. The summed E-state index contributed by atoms with van der Waals surface area (Å²) >= 11 is 1.06. The largest absolute Gasteiger partial charge is 0.481 e. The lowest BCUT2D eigenvalue weighted by Crippen LogP contribution is -2.33. The average molecular weight is 565 g/mol. The smallest absolute Gasteiger partial charge is 0.345 e. The van der Waals surface area contributed by atoms with Crippen molar-refractivity contribution in [1.29, 1.82) is 5.41 Å². The molecule has 0 saturated carbocycles. The molecule has 0 spiro atoms. The Bertz CT molecular complexity index is 1450. The molecule has 3 aromatic rings. The molecule has 1 aliphatic rings. The number of esters is 1. The van der Waals surface area contributed by atoms with Crippen LogP contribution in [0.15, 0.2) is 53.9 Å². The van der Waals surface area contributed by atoms with Gasteiger partial charge in [-0.05, 0) is 83.3 Å². The van der Waals surface area contributed by atoms with Crippen LogP contribution in [0.1, 0.15) is 61.9 Å². The van der Waals surface area contributed by atoms with Crippen molar-refractivity contribution in [3.63, 3.8) is 0 Å². The van der Waals surface area contributed by atoms with Gasteiger partial charge in [0, 0.05) is 25.2 Å². The first-order valence-corrected chi connectivity index (χ1v) is 13.3. The lowest BCUT2D eigenvalue weighted by molar-refractivity contribution is -0.138. The van der Waals surface area contributed by atoms with E-state index in [1.54, 1.807) is 41.8 Å². The fraction of sp³-hybridized carbons (Fsp3) is 0.250. The van der Waals surface area contributed by atoms with Gasteiger partial charge in [0.1, 0.15) is 10.6 Å². The third-order valence-corrected chi connectivity index (χ3v) is 7.50. The highest BCUT2D eigenvalue weighted by Gasteiger charge is 2.28. The Kier molecular flexibility index (Phi) is 8.80. The Morgan fingerprint density at radius 1 is 1.10 bits per heavy atom. The van der Waals surface area contributed by atoms with E-state index in [2.05, 4.69) is 5.32 Å². The number of carboxylic acid groups (broad SMARTS) is 2. The Morgan fingerprint density at radius 3 is 2.50 bits per heavy atom. The van der Waals surface area contributed by atoms with E-state index < -0.39 is 17.9 Å². The summed E-state index contributed by atoms with van der Waals surface area (Å²) in [5.74, 6) is -2.71. The van der Waals surface area contributed by atoms with Crippen molar-refractivity contribution in [2.24, 2.45) is 5.73 Å². The Hall–Kier alpha value is -4.71. The van der Waals surface area contributed by atoms with Gasteiger partial charge in [-0.2, -0.15) is 0 Å². The molecule has 1 amide bonds. The van der Waals surface area contributed by atoms with Crippen LogP contribution in [0.5, 0.6) is 5.75 Å². The number of rotatable bonds is 11. The number of ether oxygens (including phenoxy) is 1. The second-order valence-corrected chi connectivity index (χ2v) is 10.3. The number of aliphatic carboxylic acids is 1. The quantitative estimate of drug-likeness (QED) is 0.0998.